The van der Waals surface area contributed by atoms with E-state index in [0.717, 1.165) is 15.8 Å². The molecule has 0 spiro atoms. The van der Waals surface area contributed by atoms with Gasteiger partial charge in [0.2, 0.25) is 5.91 Å². The lowest BCUT2D eigenvalue weighted by Crippen LogP contribution is -2.44. The molecule has 2 aliphatic rings. The van der Waals surface area contributed by atoms with Crippen LogP contribution in [0.5, 0.6) is 0 Å². The Bertz CT molecular complexity index is 992. The van der Waals surface area contributed by atoms with Crippen molar-refractivity contribution in [3.63, 3.8) is 0 Å². The van der Waals surface area contributed by atoms with Crippen LogP contribution in [0, 0.1) is 12.3 Å². The number of amides is 1. The van der Waals surface area contributed by atoms with E-state index in [1.165, 1.54) is 0 Å². The maximum absolute atomic E-state index is 13.8. The van der Waals surface area contributed by atoms with Crippen molar-refractivity contribution in [2.24, 2.45) is 5.41 Å². The van der Waals surface area contributed by atoms with Crippen molar-refractivity contribution in [2.75, 3.05) is 18.4 Å². The van der Waals surface area contributed by atoms with Crippen LogP contribution in [-0.2, 0) is 11.2 Å². The van der Waals surface area contributed by atoms with E-state index in [2.05, 4.69) is 10.4 Å². The maximum atomic E-state index is 13.8. The van der Waals surface area contributed by atoms with Crippen LogP contribution in [0.2, 0.25) is 0 Å². The van der Waals surface area contributed by atoms with E-state index in [9.17, 15) is 18.0 Å². The number of aromatic nitrogens is 2. The van der Waals surface area contributed by atoms with E-state index < -0.39 is 12.2 Å². The number of anilines is 1. The van der Waals surface area contributed by atoms with Crippen molar-refractivity contribution in [2.45, 2.75) is 71.1 Å². The van der Waals surface area contributed by atoms with E-state index in [0.29, 0.717) is 37.4 Å². The van der Waals surface area contributed by atoms with Gasteiger partial charge < -0.3 is 10.2 Å². The Balaban J connectivity index is 1.51. The number of aryl methyl sites for hydroxylation is 1. The summed E-state index contributed by atoms with van der Waals surface area (Å²) in [5.74, 6) is 0.403. The van der Waals surface area contributed by atoms with Crippen molar-refractivity contribution in [3.05, 3.63) is 47.2 Å². The average Bonchev–Trinajstić information content (AvgIpc) is 3.34. The van der Waals surface area contributed by atoms with Crippen LogP contribution in [-0.4, -0.2) is 45.9 Å². The Kier molecular flexibility index (Phi) is 5.75. The zero-order valence-corrected chi connectivity index (χ0v) is 19.0. The first-order valence-electron chi connectivity index (χ1n) is 11.2. The van der Waals surface area contributed by atoms with Crippen LogP contribution in [0.3, 0.4) is 0 Å². The monoisotopic (exact) mass is 448 g/mol. The summed E-state index contributed by atoms with van der Waals surface area (Å²) < 4.78 is 42.6. The third-order valence-electron chi connectivity index (χ3n) is 6.82. The van der Waals surface area contributed by atoms with Gasteiger partial charge in [-0.1, -0.05) is 45.0 Å². The van der Waals surface area contributed by atoms with Gasteiger partial charge in [-0.15, -0.1) is 0 Å². The fraction of sp³-hybridized carbons (Fsp3) is 0.583. The number of nitrogens with one attached hydrogen (secondary N) is 1. The molecule has 3 atom stereocenters. The summed E-state index contributed by atoms with van der Waals surface area (Å²) in [6.45, 7) is 8.90. The van der Waals surface area contributed by atoms with Gasteiger partial charge in [0.25, 0.3) is 0 Å². The highest BCUT2D eigenvalue weighted by molar-refractivity contribution is 5.79. The first-order valence-corrected chi connectivity index (χ1v) is 11.2. The number of alkyl halides is 3. The summed E-state index contributed by atoms with van der Waals surface area (Å²) in [5, 5.41) is 7.66. The summed E-state index contributed by atoms with van der Waals surface area (Å²) in [4.78, 5) is 14.6. The standard InChI is InChI=1S/C24H31F3N4O/c1-15-7-5-6-8-16(15)11-22(32)30-10-9-17(14-30)18-12-21-28-19(23(2,3)4)13-20(24(25,26)27)31(21)29-18/h5-8,12,17,19-20,28H,9-11,13-14H2,1-4H3/t17-,19-,20+/m1/s1. The molecule has 1 N–H and O–H groups in total. The van der Waals surface area contributed by atoms with Gasteiger partial charge in [0.05, 0.1) is 12.1 Å². The van der Waals surface area contributed by atoms with Crippen LogP contribution in [0.25, 0.3) is 0 Å². The van der Waals surface area contributed by atoms with Gasteiger partial charge in [0.15, 0.2) is 6.04 Å². The third-order valence-corrected chi connectivity index (χ3v) is 6.82. The van der Waals surface area contributed by atoms with E-state index in [4.69, 9.17) is 0 Å². The van der Waals surface area contributed by atoms with Gasteiger partial charge in [-0.05, 0) is 36.3 Å². The van der Waals surface area contributed by atoms with E-state index >= 15 is 0 Å². The van der Waals surface area contributed by atoms with Gasteiger partial charge >= 0.3 is 6.18 Å². The maximum Gasteiger partial charge on any atom is 0.410 e. The number of hydrogen-bond acceptors (Lipinski definition) is 3. The second-order valence-corrected chi connectivity index (χ2v) is 10.2. The van der Waals surface area contributed by atoms with Crippen molar-refractivity contribution in [1.82, 2.24) is 14.7 Å². The zero-order chi connectivity index (χ0) is 23.3. The average molecular weight is 449 g/mol. The Labute approximate surface area is 187 Å². The normalized spacial score (nSPS) is 23.7. The molecule has 1 aromatic heterocycles. The van der Waals surface area contributed by atoms with Crippen LogP contribution in [0.4, 0.5) is 19.0 Å². The minimum Gasteiger partial charge on any atom is -0.367 e. The van der Waals surface area contributed by atoms with E-state index in [1.54, 1.807) is 6.07 Å². The highest BCUT2D eigenvalue weighted by Crippen LogP contribution is 2.44. The number of rotatable bonds is 3. The second-order valence-electron chi connectivity index (χ2n) is 10.2. The van der Waals surface area contributed by atoms with Crippen molar-refractivity contribution in [3.8, 4) is 0 Å². The molecule has 1 aromatic carbocycles. The first-order chi connectivity index (χ1) is 14.9. The molecule has 32 heavy (non-hydrogen) atoms. The molecule has 8 heteroatoms. The van der Waals surface area contributed by atoms with Crippen molar-refractivity contribution >= 4 is 11.7 Å². The van der Waals surface area contributed by atoms with Crippen LogP contribution < -0.4 is 5.32 Å². The number of carbonyl (C=O) groups excluding carboxylic acids is 1. The Morgan fingerprint density at radius 1 is 1.22 bits per heavy atom. The highest BCUT2D eigenvalue weighted by Gasteiger charge is 2.48. The second kappa shape index (κ2) is 8.12. The molecule has 174 valence electrons. The minimum absolute atomic E-state index is 0.0462. The summed E-state index contributed by atoms with van der Waals surface area (Å²) in [6.07, 6.45) is -3.37. The summed E-state index contributed by atoms with van der Waals surface area (Å²) in [6, 6.07) is 7.61. The molecule has 3 heterocycles. The number of hydrogen-bond donors (Lipinski definition) is 1. The largest absolute Gasteiger partial charge is 0.410 e. The molecule has 2 aliphatic heterocycles. The Morgan fingerprint density at radius 3 is 2.59 bits per heavy atom. The molecule has 1 saturated heterocycles. The molecule has 0 unspecified atom stereocenters. The zero-order valence-electron chi connectivity index (χ0n) is 19.0. The first kappa shape index (κ1) is 22.7. The molecule has 0 aliphatic carbocycles. The van der Waals surface area contributed by atoms with Crippen molar-refractivity contribution in [1.29, 1.82) is 0 Å². The van der Waals surface area contributed by atoms with Gasteiger partial charge in [-0.2, -0.15) is 18.3 Å². The molecule has 0 radical (unpaired) electrons. The van der Waals surface area contributed by atoms with Crippen LogP contribution in [0.15, 0.2) is 30.3 Å². The molecule has 1 amide bonds. The number of nitrogens with zero attached hydrogens (tertiary/aromatic N) is 3. The molecule has 1 fully saturated rings. The number of likely N-dealkylation sites (tertiary alicyclic amines) is 1. The Hall–Kier alpha value is -2.51. The number of carbonyl (C=O) groups is 1. The van der Waals surface area contributed by atoms with Crippen molar-refractivity contribution < 1.29 is 18.0 Å². The highest BCUT2D eigenvalue weighted by atomic mass is 19.4. The van der Waals surface area contributed by atoms with E-state index in [-0.39, 0.29) is 29.7 Å². The lowest BCUT2D eigenvalue weighted by molar-refractivity contribution is -0.175. The molecule has 4 rings (SSSR count). The smallest absolute Gasteiger partial charge is 0.367 e. The lowest BCUT2D eigenvalue weighted by atomic mass is 9.82. The molecule has 0 saturated carbocycles. The number of halogens is 3. The summed E-state index contributed by atoms with van der Waals surface area (Å²) in [5.41, 5.74) is 2.40. The van der Waals surface area contributed by atoms with E-state index in [1.807, 2.05) is 56.9 Å². The number of benzene rings is 1. The molecular formula is C24H31F3N4O. The van der Waals surface area contributed by atoms with Gasteiger partial charge in [-0.25, -0.2) is 4.68 Å². The van der Waals surface area contributed by atoms with Gasteiger partial charge in [-0.3, -0.25) is 4.79 Å². The summed E-state index contributed by atoms with van der Waals surface area (Å²) in [7, 11) is 0. The molecule has 0 bridgehead atoms. The predicted molar refractivity (Wildman–Crippen MR) is 118 cm³/mol. The van der Waals surface area contributed by atoms with Crippen LogP contribution in [0.1, 0.15) is 62.4 Å². The predicted octanol–water partition coefficient (Wildman–Crippen LogP) is 5.08. The van der Waals surface area contributed by atoms with Gasteiger partial charge in [0.1, 0.15) is 5.82 Å². The Morgan fingerprint density at radius 2 is 1.94 bits per heavy atom. The topological polar surface area (TPSA) is 50.2 Å². The fourth-order valence-electron chi connectivity index (χ4n) is 4.67. The third kappa shape index (κ3) is 4.50. The molecular weight excluding hydrogens is 417 g/mol. The molecule has 2 aromatic rings. The van der Waals surface area contributed by atoms with Gasteiger partial charge in [0, 0.05) is 31.1 Å². The fourth-order valence-corrected chi connectivity index (χ4v) is 4.67. The minimum atomic E-state index is -4.37. The van der Waals surface area contributed by atoms with Crippen LogP contribution >= 0.6 is 0 Å². The molecule has 5 nitrogen and oxygen atoms in total. The number of fused-ring (bicyclic) bond motifs is 1. The lowest BCUT2D eigenvalue weighted by Gasteiger charge is -2.39. The SMILES string of the molecule is Cc1ccccc1CC(=O)N1CC[C@@H](c2cc3n(n2)[C@H](C(F)(F)F)C[C@H](C(C)(C)C)N3)C1. The summed E-state index contributed by atoms with van der Waals surface area (Å²) >= 11 is 0. The quantitative estimate of drug-likeness (QED) is 0.712.